The largest absolute Gasteiger partial charge is 0.460 e. The van der Waals surface area contributed by atoms with Gasteiger partial charge in [0.1, 0.15) is 12.4 Å². The Balaban J connectivity index is 2.33. The number of alkyl halides is 3. The van der Waals surface area contributed by atoms with Crippen molar-refractivity contribution in [1.29, 1.82) is 0 Å². The number of esters is 1. The van der Waals surface area contributed by atoms with Crippen LogP contribution in [0, 0.1) is 23.3 Å². The van der Waals surface area contributed by atoms with Gasteiger partial charge < -0.3 is 9.47 Å². The minimum atomic E-state index is -5.17. The molecule has 1 heterocycles. The second-order valence-electron chi connectivity index (χ2n) is 7.82. The molecule has 0 spiro atoms. The Morgan fingerprint density at radius 1 is 0.906 bits per heavy atom. The third kappa shape index (κ3) is 5.34. The molecule has 176 valence electrons. The van der Waals surface area contributed by atoms with E-state index in [2.05, 4.69) is 19.4 Å². The van der Waals surface area contributed by atoms with Crippen LogP contribution in [0.3, 0.4) is 0 Å². The number of rotatable bonds is 6. The van der Waals surface area contributed by atoms with Crippen molar-refractivity contribution in [2.75, 3.05) is 7.11 Å². The highest BCUT2D eigenvalue weighted by Crippen LogP contribution is 2.36. The molecule has 1 atom stereocenters. The van der Waals surface area contributed by atoms with E-state index in [4.69, 9.17) is 0 Å². The molecule has 2 rings (SSSR count). The third-order valence-electron chi connectivity index (χ3n) is 4.33. The van der Waals surface area contributed by atoms with Gasteiger partial charge in [0.2, 0.25) is 0 Å². The van der Waals surface area contributed by atoms with Gasteiger partial charge in [-0.1, -0.05) is 20.8 Å². The number of aromatic nitrogens is 2. The molecular weight excluding hydrogens is 449 g/mol. The summed E-state index contributed by atoms with van der Waals surface area (Å²) >= 11 is 0. The molecule has 0 saturated carbocycles. The first-order valence-electron chi connectivity index (χ1n) is 9.08. The first kappa shape index (κ1) is 25.5. The molecule has 0 amide bonds. The van der Waals surface area contributed by atoms with Crippen molar-refractivity contribution in [2.24, 2.45) is 0 Å². The quantitative estimate of drug-likeness (QED) is 0.344. The Labute approximate surface area is 178 Å². The predicted octanol–water partition coefficient (Wildman–Crippen LogP) is 4.87. The van der Waals surface area contributed by atoms with E-state index in [0.717, 1.165) is 19.5 Å². The molecule has 0 aliphatic rings. The normalized spacial score (nSPS) is 13.2. The van der Waals surface area contributed by atoms with Gasteiger partial charge in [0.25, 0.3) is 0 Å². The fraction of sp³-hybridized carbons (Fsp3) is 0.450. The minimum Gasteiger partial charge on any atom is -0.460 e. The minimum absolute atomic E-state index is 0.210. The van der Waals surface area contributed by atoms with Gasteiger partial charge in [-0.15, -0.1) is 0 Å². The molecule has 0 N–H and O–H groups in total. The van der Waals surface area contributed by atoms with Gasteiger partial charge in [-0.25, -0.2) is 27.5 Å². The molecule has 5 nitrogen and oxygen atoms in total. The zero-order valence-corrected chi connectivity index (χ0v) is 17.4. The van der Waals surface area contributed by atoms with E-state index in [1.165, 1.54) is 0 Å². The van der Waals surface area contributed by atoms with Gasteiger partial charge in [-0.2, -0.15) is 13.2 Å². The Morgan fingerprint density at radius 3 is 1.72 bits per heavy atom. The van der Waals surface area contributed by atoms with Crippen molar-refractivity contribution in [1.82, 2.24) is 9.97 Å². The molecule has 32 heavy (non-hydrogen) atoms. The van der Waals surface area contributed by atoms with E-state index in [1.54, 1.807) is 20.8 Å². The Kier molecular flexibility index (Phi) is 7.48. The van der Waals surface area contributed by atoms with E-state index in [9.17, 15) is 35.5 Å². The summed E-state index contributed by atoms with van der Waals surface area (Å²) < 4.78 is 106. The van der Waals surface area contributed by atoms with Gasteiger partial charge in [-0.3, -0.25) is 4.79 Å². The Bertz CT molecular complexity index is 958. The van der Waals surface area contributed by atoms with Crippen LogP contribution >= 0.6 is 0 Å². The molecule has 1 unspecified atom stereocenters. The number of benzene rings is 1. The highest BCUT2D eigenvalue weighted by molar-refractivity contribution is 5.79. The first-order valence-corrected chi connectivity index (χ1v) is 9.08. The van der Waals surface area contributed by atoms with Crippen LogP contribution in [0.4, 0.5) is 30.7 Å². The monoisotopic (exact) mass is 468 g/mol. The lowest BCUT2D eigenvalue weighted by molar-refractivity contribution is -0.182. The average molecular weight is 468 g/mol. The number of hydrogen-bond donors (Lipinski definition) is 0. The molecule has 2 aromatic rings. The standard InChI is InChI=1S/C20H19F7N2O3/c1-19(2,3)18-28-5-9(6-29-18)12(20(25,26)27)17(30)32-8-11-15(23)13(21)10(7-31-4)14(22)16(11)24/h5-6,12H,7-8H2,1-4H3. The van der Waals surface area contributed by atoms with Crippen LogP contribution in [-0.4, -0.2) is 29.2 Å². The van der Waals surface area contributed by atoms with Crippen LogP contribution in [0.15, 0.2) is 12.4 Å². The number of hydrogen-bond acceptors (Lipinski definition) is 5. The first-order chi connectivity index (χ1) is 14.7. The summed E-state index contributed by atoms with van der Waals surface area (Å²) in [6.45, 7) is 2.88. The molecular formula is C20H19F7N2O3. The number of halogens is 7. The van der Waals surface area contributed by atoms with Crippen molar-refractivity contribution >= 4 is 5.97 Å². The average Bonchev–Trinajstić information content (AvgIpc) is 2.68. The van der Waals surface area contributed by atoms with Gasteiger partial charge in [0.05, 0.1) is 17.7 Å². The van der Waals surface area contributed by atoms with E-state index in [0.29, 0.717) is 0 Å². The third-order valence-corrected chi connectivity index (χ3v) is 4.33. The van der Waals surface area contributed by atoms with E-state index < -0.39 is 76.7 Å². The Hall–Kier alpha value is -2.76. The predicted molar refractivity (Wildman–Crippen MR) is 96.3 cm³/mol. The molecule has 12 heteroatoms. The number of ether oxygens (including phenoxy) is 2. The summed E-state index contributed by atoms with van der Waals surface area (Å²) in [6, 6.07) is 0. The maximum Gasteiger partial charge on any atom is 0.406 e. The second-order valence-corrected chi connectivity index (χ2v) is 7.82. The fourth-order valence-corrected chi connectivity index (χ4v) is 2.68. The molecule has 0 saturated heterocycles. The Morgan fingerprint density at radius 2 is 1.34 bits per heavy atom. The molecule has 1 aromatic heterocycles. The van der Waals surface area contributed by atoms with Gasteiger partial charge >= 0.3 is 12.1 Å². The van der Waals surface area contributed by atoms with Crippen molar-refractivity contribution in [3.8, 4) is 0 Å². The molecule has 0 aliphatic carbocycles. The maximum atomic E-state index is 14.1. The SMILES string of the molecule is COCc1c(F)c(F)c(COC(=O)C(c2cnc(C(C)(C)C)nc2)C(F)(F)F)c(F)c1F. The number of carbonyl (C=O) groups excluding carboxylic acids is 1. The van der Waals surface area contributed by atoms with Crippen LogP contribution in [0.5, 0.6) is 0 Å². The van der Waals surface area contributed by atoms with Crippen LogP contribution in [0.2, 0.25) is 0 Å². The van der Waals surface area contributed by atoms with Gasteiger partial charge in [-0.05, 0) is 0 Å². The number of nitrogens with zero attached hydrogens (tertiary/aromatic N) is 2. The second kappa shape index (κ2) is 9.39. The van der Waals surface area contributed by atoms with Gasteiger partial charge in [0, 0.05) is 30.5 Å². The van der Waals surface area contributed by atoms with Crippen LogP contribution in [0.25, 0.3) is 0 Å². The van der Waals surface area contributed by atoms with Crippen LogP contribution < -0.4 is 0 Å². The summed E-state index contributed by atoms with van der Waals surface area (Å²) in [7, 11) is 1.03. The van der Waals surface area contributed by atoms with Crippen molar-refractivity contribution in [2.45, 2.75) is 51.5 Å². The number of carbonyl (C=O) groups is 1. The molecule has 0 fully saturated rings. The lowest BCUT2D eigenvalue weighted by Crippen LogP contribution is -2.31. The molecule has 0 radical (unpaired) electrons. The van der Waals surface area contributed by atoms with E-state index in [1.807, 2.05) is 0 Å². The van der Waals surface area contributed by atoms with Crippen LogP contribution in [0.1, 0.15) is 49.2 Å². The molecule has 0 aliphatic heterocycles. The van der Waals surface area contributed by atoms with Crippen LogP contribution in [-0.2, 0) is 32.9 Å². The van der Waals surface area contributed by atoms with Crippen molar-refractivity contribution < 1.29 is 45.0 Å². The smallest absolute Gasteiger partial charge is 0.406 e. The zero-order chi connectivity index (χ0) is 24.4. The fourth-order valence-electron chi connectivity index (χ4n) is 2.68. The summed E-state index contributed by atoms with van der Waals surface area (Å²) in [4.78, 5) is 19.8. The van der Waals surface area contributed by atoms with Crippen molar-refractivity contribution in [3.05, 3.63) is 58.2 Å². The summed E-state index contributed by atoms with van der Waals surface area (Å²) in [5, 5.41) is 0. The summed E-state index contributed by atoms with van der Waals surface area (Å²) in [6.07, 6.45) is -3.60. The number of methoxy groups -OCH3 is 1. The van der Waals surface area contributed by atoms with Crippen molar-refractivity contribution in [3.63, 3.8) is 0 Å². The lowest BCUT2D eigenvalue weighted by atomic mass is 9.95. The highest BCUT2D eigenvalue weighted by atomic mass is 19.4. The topological polar surface area (TPSA) is 61.3 Å². The lowest BCUT2D eigenvalue weighted by Gasteiger charge is -2.21. The van der Waals surface area contributed by atoms with Gasteiger partial charge in [0.15, 0.2) is 29.2 Å². The van der Waals surface area contributed by atoms with E-state index >= 15 is 0 Å². The zero-order valence-electron chi connectivity index (χ0n) is 17.4. The summed E-state index contributed by atoms with van der Waals surface area (Å²) in [5.74, 6) is -12.1. The molecule has 0 bridgehead atoms. The maximum absolute atomic E-state index is 14.1. The highest BCUT2D eigenvalue weighted by Gasteiger charge is 2.48. The summed E-state index contributed by atoms with van der Waals surface area (Å²) in [5.41, 5.74) is -3.69. The van der Waals surface area contributed by atoms with E-state index in [-0.39, 0.29) is 5.82 Å². The molecule has 1 aromatic carbocycles.